The van der Waals surface area contributed by atoms with Crippen LogP contribution in [0, 0.1) is 31.3 Å². The van der Waals surface area contributed by atoms with E-state index in [1.54, 1.807) is 5.01 Å². The van der Waals surface area contributed by atoms with Crippen molar-refractivity contribution in [1.29, 1.82) is 0 Å². The van der Waals surface area contributed by atoms with Gasteiger partial charge in [-0.15, -0.1) is 10.2 Å². The second-order valence-corrected chi connectivity index (χ2v) is 9.85. The maximum absolute atomic E-state index is 14.1. The van der Waals surface area contributed by atoms with E-state index in [0.29, 0.717) is 17.5 Å². The van der Waals surface area contributed by atoms with E-state index in [1.165, 1.54) is 23.1 Å². The lowest BCUT2D eigenvalue weighted by Gasteiger charge is -2.25. The van der Waals surface area contributed by atoms with Crippen molar-refractivity contribution in [1.82, 2.24) is 15.2 Å². The number of aryl methyl sites for hydroxylation is 3. The van der Waals surface area contributed by atoms with Gasteiger partial charge in [-0.05, 0) is 67.6 Å². The number of rotatable bonds is 5. The first-order valence-electron chi connectivity index (χ1n) is 10.7. The molecule has 2 heterocycles. The molecule has 0 saturated carbocycles. The van der Waals surface area contributed by atoms with Crippen molar-refractivity contribution in [2.45, 2.75) is 45.9 Å². The number of thioether (sulfide) groups is 1. The number of aliphatic imine (C=N–C) groups is 1. The third-order valence-electron chi connectivity index (χ3n) is 5.22. The van der Waals surface area contributed by atoms with Crippen molar-refractivity contribution in [3.8, 4) is 0 Å². The Morgan fingerprint density at radius 3 is 2.38 bits per heavy atom. The third-order valence-corrected chi connectivity index (χ3v) is 7.52. The Kier molecular flexibility index (Phi) is 7.22. The van der Waals surface area contributed by atoms with Gasteiger partial charge in [-0.1, -0.05) is 43.0 Å². The van der Waals surface area contributed by atoms with Crippen LogP contribution in [0.2, 0.25) is 0 Å². The Morgan fingerprint density at radius 2 is 1.76 bits per heavy atom. The van der Waals surface area contributed by atoms with E-state index in [9.17, 15) is 13.2 Å². The lowest BCUT2D eigenvalue weighted by molar-refractivity contribution is 0.419. The number of guanidine groups is 1. The van der Waals surface area contributed by atoms with Crippen LogP contribution in [0.1, 0.15) is 47.3 Å². The zero-order chi connectivity index (χ0) is 24.4. The zero-order valence-electron chi connectivity index (χ0n) is 19.1. The molecule has 1 atom stereocenters. The normalized spacial score (nSPS) is 16.2. The molecular weight excluding hydrogens is 481 g/mol. The first-order valence-corrected chi connectivity index (χ1v) is 12.4. The highest BCUT2D eigenvalue weighted by Gasteiger charge is 2.33. The molecule has 1 unspecified atom stereocenters. The van der Waals surface area contributed by atoms with E-state index in [1.807, 2.05) is 45.9 Å². The van der Waals surface area contributed by atoms with Crippen molar-refractivity contribution in [2.24, 2.45) is 10.1 Å². The summed E-state index contributed by atoms with van der Waals surface area (Å²) in [4.78, 5) is 4.66. The number of nitrogens with one attached hydrogen (secondary N) is 1. The van der Waals surface area contributed by atoms with Crippen molar-refractivity contribution in [2.75, 3.05) is 5.32 Å². The Hall–Kier alpha value is -2.92. The monoisotopic (exact) mass is 504 g/mol. The molecule has 11 heteroatoms. The molecule has 2 aromatic carbocycles. The molecule has 0 aliphatic carbocycles. The van der Waals surface area contributed by atoms with Gasteiger partial charge in [-0.3, -0.25) is 0 Å². The molecule has 1 aliphatic heterocycles. The van der Waals surface area contributed by atoms with Gasteiger partial charge in [0, 0.05) is 5.69 Å². The summed E-state index contributed by atoms with van der Waals surface area (Å²) in [6.45, 7) is 7.93. The van der Waals surface area contributed by atoms with Gasteiger partial charge in [0.25, 0.3) is 0 Å². The van der Waals surface area contributed by atoms with Crippen molar-refractivity contribution in [3.05, 3.63) is 69.5 Å². The summed E-state index contributed by atoms with van der Waals surface area (Å²) >= 11 is 2.67. The molecule has 34 heavy (non-hydrogen) atoms. The molecule has 1 aromatic heterocycles. The highest BCUT2D eigenvalue weighted by Crippen LogP contribution is 2.41. The van der Waals surface area contributed by atoms with E-state index in [0.717, 1.165) is 45.4 Å². The number of hydrazone groups is 1. The molecule has 0 saturated heterocycles. The molecule has 0 spiro atoms. The van der Waals surface area contributed by atoms with Crippen LogP contribution >= 0.6 is 23.1 Å². The van der Waals surface area contributed by atoms with Crippen LogP contribution in [-0.4, -0.2) is 26.2 Å². The lowest BCUT2D eigenvalue weighted by Crippen LogP contribution is -2.32. The first kappa shape index (κ1) is 24.2. The number of halogens is 3. The fourth-order valence-corrected chi connectivity index (χ4v) is 4.95. The molecule has 178 valence electrons. The summed E-state index contributed by atoms with van der Waals surface area (Å²) in [5.41, 5.74) is 3.22. The summed E-state index contributed by atoms with van der Waals surface area (Å²) < 4.78 is 41.8. The minimum Gasteiger partial charge on any atom is -0.324 e. The minimum atomic E-state index is -1.50. The molecule has 3 aromatic rings. The predicted molar refractivity (Wildman–Crippen MR) is 132 cm³/mol. The van der Waals surface area contributed by atoms with Gasteiger partial charge in [-0.2, -0.15) is 10.1 Å². The second kappa shape index (κ2) is 10.1. The summed E-state index contributed by atoms with van der Waals surface area (Å²) in [6, 6.07) is 7.85. The first-order chi connectivity index (χ1) is 16.3. The predicted octanol–water partition coefficient (Wildman–Crippen LogP) is 6.71. The Labute approximate surface area is 204 Å². The van der Waals surface area contributed by atoms with Crippen LogP contribution in [0.3, 0.4) is 0 Å². The Morgan fingerprint density at radius 1 is 1.03 bits per heavy atom. The number of hydrogen-bond acceptors (Lipinski definition) is 6. The van der Waals surface area contributed by atoms with Gasteiger partial charge in [0.2, 0.25) is 11.1 Å². The maximum atomic E-state index is 14.1. The van der Waals surface area contributed by atoms with Crippen LogP contribution in [0.15, 0.2) is 40.4 Å². The largest absolute Gasteiger partial charge is 0.324 e. The van der Waals surface area contributed by atoms with Gasteiger partial charge in [0.1, 0.15) is 10.4 Å². The molecule has 0 fully saturated rings. The second-order valence-electron chi connectivity index (χ2n) is 7.65. The van der Waals surface area contributed by atoms with E-state index < -0.39 is 22.8 Å². The van der Waals surface area contributed by atoms with Gasteiger partial charge in [0.15, 0.2) is 17.5 Å². The van der Waals surface area contributed by atoms with Crippen LogP contribution in [-0.2, 0) is 6.42 Å². The van der Waals surface area contributed by atoms with Crippen molar-refractivity contribution in [3.63, 3.8) is 0 Å². The summed E-state index contributed by atoms with van der Waals surface area (Å²) in [7, 11) is 0. The fourth-order valence-electron chi connectivity index (χ4n) is 3.22. The molecule has 6 nitrogen and oxygen atoms in total. The average molecular weight is 505 g/mol. The zero-order valence-corrected chi connectivity index (χ0v) is 20.7. The highest BCUT2D eigenvalue weighted by atomic mass is 32.2. The lowest BCUT2D eigenvalue weighted by atomic mass is 10.1. The molecule has 1 N–H and O–H groups in total. The maximum Gasteiger partial charge on any atom is 0.234 e. The van der Waals surface area contributed by atoms with Crippen LogP contribution in [0.4, 0.5) is 24.0 Å². The number of aromatic nitrogens is 2. The quantitative estimate of drug-likeness (QED) is 0.238. The summed E-state index contributed by atoms with van der Waals surface area (Å²) in [5, 5.41) is 19.1. The number of nitrogens with zero attached hydrogens (tertiary/aromatic N) is 5. The smallest absolute Gasteiger partial charge is 0.234 e. The van der Waals surface area contributed by atoms with Gasteiger partial charge < -0.3 is 5.32 Å². The van der Waals surface area contributed by atoms with Crippen LogP contribution in [0.5, 0.6) is 0 Å². The Balaban J connectivity index is 1.79. The average Bonchev–Trinajstić information content (AvgIpc) is 3.46. The molecule has 1 aliphatic rings. The molecule has 0 amide bonds. The molecular formula is C23H23F3N6S2. The Bertz CT molecular complexity index is 1250. The van der Waals surface area contributed by atoms with Gasteiger partial charge in [0.05, 0.1) is 5.04 Å². The van der Waals surface area contributed by atoms with Crippen molar-refractivity contribution >= 4 is 44.9 Å². The van der Waals surface area contributed by atoms with Gasteiger partial charge >= 0.3 is 0 Å². The van der Waals surface area contributed by atoms with E-state index >= 15 is 0 Å². The van der Waals surface area contributed by atoms with Gasteiger partial charge in [-0.25, -0.2) is 18.2 Å². The van der Waals surface area contributed by atoms with E-state index in [4.69, 9.17) is 0 Å². The highest BCUT2D eigenvalue weighted by molar-refractivity contribution is 8.14. The summed E-state index contributed by atoms with van der Waals surface area (Å²) in [5.74, 6) is -3.69. The topological polar surface area (TPSA) is 65.8 Å². The number of benzene rings is 2. The van der Waals surface area contributed by atoms with Crippen LogP contribution in [0.25, 0.3) is 0 Å². The standard InChI is InChI=1S/C23H23F3N6S2/c1-5-18-29-30-23(34-18)28-22(27-15-8-7-12(3)13(4)9-15)32-21(33-19(6-2)31-32)14-10-16(24)20(26)17(25)11-14/h7-11,21H,5-6H2,1-4H3,(H,27,28,30). The van der Waals surface area contributed by atoms with E-state index in [-0.39, 0.29) is 5.56 Å². The number of anilines is 1. The van der Waals surface area contributed by atoms with E-state index in [2.05, 4.69) is 25.6 Å². The fraction of sp³-hybridized carbons (Fsp3) is 0.304. The van der Waals surface area contributed by atoms with Crippen molar-refractivity contribution < 1.29 is 13.2 Å². The van der Waals surface area contributed by atoms with Crippen LogP contribution < -0.4 is 5.32 Å². The minimum absolute atomic E-state index is 0.231. The molecule has 0 radical (unpaired) electrons. The third kappa shape index (κ3) is 5.10. The molecule has 4 rings (SSSR count). The SMILES string of the molecule is CCC1=NN(/C(=N/c2nnc(CC)s2)Nc2ccc(C)c(C)c2)C(c2cc(F)c(F)c(F)c2)S1. The number of hydrogen-bond donors (Lipinski definition) is 1. The molecule has 0 bridgehead atoms. The summed E-state index contributed by atoms with van der Waals surface area (Å²) in [6.07, 6.45) is 1.33.